The summed E-state index contributed by atoms with van der Waals surface area (Å²) in [6.45, 7) is 4.93. The van der Waals surface area contributed by atoms with Crippen LogP contribution in [0.15, 0.2) is 18.2 Å². The summed E-state index contributed by atoms with van der Waals surface area (Å²) in [7, 11) is 1.33. The van der Waals surface area contributed by atoms with Crippen molar-refractivity contribution in [2.75, 3.05) is 12.4 Å². The topological polar surface area (TPSA) is 64.6 Å². The van der Waals surface area contributed by atoms with E-state index in [1.54, 1.807) is 20.8 Å². The van der Waals surface area contributed by atoms with Gasteiger partial charge in [-0.25, -0.2) is 9.18 Å². The molecule has 1 aromatic rings. The second-order valence-corrected chi connectivity index (χ2v) is 4.81. The Bertz CT molecular complexity index is 494. The normalized spacial score (nSPS) is 10.8. The molecule has 0 aromatic heterocycles. The van der Waals surface area contributed by atoms with E-state index in [1.165, 1.54) is 19.2 Å². The molecule has 19 heavy (non-hydrogen) atoms. The van der Waals surface area contributed by atoms with Crippen LogP contribution in [-0.2, 0) is 14.3 Å². The molecule has 0 heterocycles. The zero-order valence-electron chi connectivity index (χ0n) is 11.2. The zero-order chi connectivity index (χ0) is 14.6. The first kappa shape index (κ1) is 14.9. The third kappa shape index (κ3) is 4.57. The van der Waals surface area contributed by atoms with Crippen molar-refractivity contribution in [1.29, 1.82) is 0 Å². The Kier molecular flexibility index (Phi) is 4.47. The molecule has 1 aromatic carbocycles. The first-order valence-electron chi connectivity index (χ1n) is 5.61. The molecule has 5 nitrogen and oxygen atoms in total. The van der Waals surface area contributed by atoms with Crippen molar-refractivity contribution in [2.24, 2.45) is 0 Å². The zero-order valence-corrected chi connectivity index (χ0v) is 11.2. The molecule has 0 bridgehead atoms. The molecule has 1 rings (SSSR count). The highest BCUT2D eigenvalue weighted by Gasteiger charge is 2.23. The van der Waals surface area contributed by atoms with Gasteiger partial charge in [-0.2, -0.15) is 0 Å². The van der Waals surface area contributed by atoms with Crippen molar-refractivity contribution in [1.82, 2.24) is 0 Å². The van der Waals surface area contributed by atoms with Crippen LogP contribution in [0.5, 0.6) is 5.75 Å². The van der Waals surface area contributed by atoms with E-state index in [0.717, 1.165) is 6.07 Å². The summed E-state index contributed by atoms with van der Waals surface area (Å²) in [6.07, 6.45) is 0. The minimum Gasteiger partial charge on any atom is -0.494 e. The number of nitrogens with one attached hydrogen (secondary N) is 1. The van der Waals surface area contributed by atoms with E-state index >= 15 is 0 Å². The van der Waals surface area contributed by atoms with Crippen LogP contribution >= 0.6 is 0 Å². The van der Waals surface area contributed by atoms with Crippen molar-refractivity contribution < 1.29 is 23.5 Å². The number of carbonyl (C=O) groups excluding carboxylic acids is 2. The van der Waals surface area contributed by atoms with Gasteiger partial charge >= 0.3 is 11.9 Å². The lowest BCUT2D eigenvalue weighted by Crippen LogP contribution is -2.32. The summed E-state index contributed by atoms with van der Waals surface area (Å²) >= 11 is 0. The second kappa shape index (κ2) is 5.69. The monoisotopic (exact) mass is 269 g/mol. The van der Waals surface area contributed by atoms with Gasteiger partial charge in [0.25, 0.3) is 0 Å². The first-order valence-corrected chi connectivity index (χ1v) is 5.61. The average Bonchev–Trinajstić information content (AvgIpc) is 2.27. The van der Waals surface area contributed by atoms with Crippen LogP contribution in [0, 0.1) is 5.82 Å². The third-order valence-corrected chi connectivity index (χ3v) is 1.99. The van der Waals surface area contributed by atoms with Gasteiger partial charge in [0.05, 0.1) is 7.11 Å². The number of hydrogen-bond acceptors (Lipinski definition) is 4. The highest BCUT2D eigenvalue weighted by molar-refractivity contribution is 6.37. The Morgan fingerprint density at radius 3 is 2.37 bits per heavy atom. The van der Waals surface area contributed by atoms with Crippen LogP contribution in [-0.4, -0.2) is 24.6 Å². The maximum absolute atomic E-state index is 13.4. The standard InChI is InChI=1S/C13H16FNO4/c1-13(2,3)19-12(17)11(16)15-8-5-6-10(18-4)9(14)7-8/h5-7H,1-4H3,(H,15,16). The largest absolute Gasteiger partial charge is 0.494 e. The fourth-order valence-corrected chi connectivity index (χ4v) is 1.25. The van der Waals surface area contributed by atoms with Gasteiger partial charge in [0.15, 0.2) is 11.6 Å². The maximum Gasteiger partial charge on any atom is 0.397 e. The summed E-state index contributed by atoms with van der Waals surface area (Å²) in [5.41, 5.74) is -0.617. The van der Waals surface area contributed by atoms with E-state index in [9.17, 15) is 14.0 Å². The van der Waals surface area contributed by atoms with Crippen LogP contribution in [0.4, 0.5) is 10.1 Å². The van der Waals surface area contributed by atoms with E-state index in [0.29, 0.717) is 0 Å². The number of methoxy groups -OCH3 is 1. The van der Waals surface area contributed by atoms with Gasteiger partial charge < -0.3 is 14.8 Å². The third-order valence-electron chi connectivity index (χ3n) is 1.99. The highest BCUT2D eigenvalue weighted by Crippen LogP contribution is 2.20. The Morgan fingerprint density at radius 1 is 1.26 bits per heavy atom. The van der Waals surface area contributed by atoms with E-state index < -0.39 is 23.3 Å². The van der Waals surface area contributed by atoms with Gasteiger partial charge in [0.2, 0.25) is 0 Å². The van der Waals surface area contributed by atoms with Crippen LogP contribution in [0.25, 0.3) is 0 Å². The lowest BCUT2D eigenvalue weighted by atomic mass is 10.2. The van der Waals surface area contributed by atoms with E-state index in [4.69, 9.17) is 9.47 Å². The summed E-state index contributed by atoms with van der Waals surface area (Å²) in [4.78, 5) is 22.9. The van der Waals surface area contributed by atoms with Crippen molar-refractivity contribution in [3.8, 4) is 5.75 Å². The van der Waals surface area contributed by atoms with Crippen LogP contribution in [0.3, 0.4) is 0 Å². The van der Waals surface area contributed by atoms with Crippen LogP contribution < -0.4 is 10.1 Å². The molecule has 0 aliphatic carbocycles. The summed E-state index contributed by atoms with van der Waals surface area (Å²) < 4.78 is 23.0. The minimum atomic E-state index is -1.02. The van der Waals surface area contributed by atoms with E-state index in [-0.39, 0.29) is 11.4 Å². The quantitative estimate of drug-likeness (QED) is 0.659. The van der Waals surface area contributed by atoms with Gasteiger partial charge in [-0.05, 0) is 32.9 Å². The number of amides is 1. The van der Waals surface area contributed by atoms with Crippen molar-refractivity contribution in [2.45, 2.75) is 26.4 Å². The van der Waals surface area contributed by atoms with Gasteiger partial charge in [-0.3, -0.25) is 4.79 Å². The number of esters is 1. The fraction of sp³-hybridized carbons (Fsp3) is 0.385. The molecule has 0 saturated heterocycles. The van der Waals surface area contributed by atoms with E-state index in [2.05, 4.69) is 5.32 Å². The Labute approximate surface area is 110 Å². The van der Waals surface area contributed by atoms with Crippen LogP contribution in [0.1, 0.15) is 20.8 Å². The predicted octanol–water partition coefficient (Wildman–Crippen LogP) is 2.11. The molecule has 0 unspecified atom stereocenters. The summed E-state index contributed by atoms with van der Waals surface area (Å²) in [5, 5.41) is 2.25. The Balaban J connectivity index is 2.72. The van der Waals surface area contributed by atoms with Crippen LogP contribution in [0.2, 0.25) is 0 Å². The molecule has 6 heteroatoms. The summed E-state index contributed by atoms with van der Waals surface area (Å²) in [5.74, 6) is -2.57. The van der Waals surface area contributed by atoms with Crippen molar-refractivity contribution >= 4 is 17.6 Å². The predicted molar refractivity (Wildman–Crippen MR) is 67.4 cm³/mol. The molecule has 0 atom stereocenters. The Hall–Kier alpha value is -2.11. The molecule has 0 radical (unpaired) electrons. The molecule has 0 fully saturated rings. The number of carbonyl (C=O) groups is 2. The van der Waals surface area contributed by atoms with E-state index in [1.807, 2.05) is 0 Å². The fourth-order valence-electron chi connectivity index (χ4n) is 1.25. The number of ether oxygens (including phenoxy) is 2. The van der Waals surface area contributed by atoms with Gasteiger partial charge in [-0.1, -0.05) is 0 Å². The molecular weight excluding hydrogens is 253 g/mol. The van der Waals surface area contributed by atoms with Gasteiger partial charge in [0, 0.05) is 11.8 Å². The van der Waals surface area contributed by atoms with Crippen molar-refractivity contribution in [3.63, 3.8) is 0 Å². The molecule has 1 amide bonds. The maximum atomic E-state index is 13.4. The lowest BCUT2D eigenvalue weighted by molar-refractivity contribution is -0.161. The molecule has 0 saturated carbocycles. The second-order valence-electron chi connectivity index (χ2n) is 4.81. The number of hydrogen-bond donors (Lipinski definition) is 1. The van der Waals surface area contributed by atoms with Gasteiger partial charge in [0.1, 0.15) is 5.60 Å². The first-order chi connectivity index (χ1) is 8.73. The minimum absolute atomic E-state index is 0.0512. The van der Waals surface area contributed by atoms with Crippen molar-refractivity contribution in [3.05, 3.63) is 24.0 Å². The summed E-state index contributed by atoms with van der Waals surface area (Å²) in [6, 6.07) is 3.82. The molecule has 0 spiro atoms. The Morgan fingerprint density at radius 2 is 1.89 bits per heavy atom. The smallest absolute Gasteiger partial charge is 0.397 e. The van der Waals surface area contributed by atoms with Gasteiger partial charge in [-0.15, -0.1) is 0 Å². The molecule has 1 N–H and O–H groups in total. The number of rotatable bonds is 2. The number of benzene rings is 1. The number of halogens is 1. The molecule has 104 valence electrons. The number of anilines is 1. The molecule has 0 aliphatic heterocycles. The SMILES string of the molecule is COc1ccc(NC(=O)C(=O)OC(C)(C)C)cc1F. The lowest BCUT2D eigenvalue weighted by Gasteiger charge is -2.18. The molecular formula is C13H16FNO4. The highest BCUT2D eigenvalue weighted by atomic mass is 19.1. The molecule has 0 aliphatic rings. The average molecular weight is 269 g/mol.